The number of hydrogen-bond donors (Lipinski definition) is 1. The molecule has 0 radical (unpaired) electrons. The summed E-state index contributed by atoms with van der Waals surface area (Å²) in [6.45, 7) is 9.57. The Morgan fingerprint density at radius 1 is 1.10 bits per heavy atom. The molecule has 30 heavy (non-hydrogen) atoms. The van der Waals surface area contributed by atoms with E-state index >= 15 is 0 Å². The van der Waals surface area contributed by atoms with Crippen LogP contribution >= 0.6 is 0 Å². The van der Waals surface area contributed by atoms with Gasteiger partial charge in [-0.05, 0) is 73.4 Å². The molecule has 0 fully saturated rings. The zero-order chi connectivity index (χ0) is 22.0. The van der Waals surface area contributed by atoms with Gasteiger partial charge in [-0.2, -0.15) is 0 Å². The molecule has 0 bridgehead atoms. The Kier molecular flexibility index (Phi) is 9.68. The Balaban J connectivity index is 2.46. The molecule has 1 aliphatic carbocycles. The zero-order valence-electron chi connectivity index (χ0n) is 19.3. The van der Waals surface area contributed by atoms with Crippen molar-refractivity contribution in [3.8, 4) is 0 Å². The maximum absolute atomic E-state index is 13.5. The molecular formula is C27H39FO2. The highest BCUT2D eigenvalue weighted by Gasteiger charge is 2.41. The molecule has 1 N–H and O–H groups in total. The van der Waals surface area contributed by atoms with Crippen LogP contribution in [0.3, 0.4) is 0 Å². The fraction of sp³-hybridized carbons (Fsp3) is 0.556. The van der Waals surface area contributed by atoms with Crippen molar-refractivity contribution < 1.29 is 14.2 Å². The molecule has 0 spiro atoms. The molecule has 1 aliphatic rings. The minimum atomic E-state index is -0.266. The SMILES string of the molecule is CCCOC1=C(CCC)C/C(=C(O)/C=C/c2cccc(F)c2)CC1(CCC)CCC. The molecule has 1 aromatic carbocycles. The van der Waals surface area contributed by atoms with E-state index in [4.69, 9.17) is 4.74 Å². The average molecular weight is 415 g/mol. The van der Waals surface area contributed by atoms with Crippen molar-refractivity contribution in [1.29, 1.82) is 0 Å². The van der Waals surface area contributed by atoms with E-state index in [1.165, 1.54) is 23.5 Å². The molecule has 0 unspecified atom stereocenters. The van der Waals surface area contributed by atoms with Gasteiger partial charge in [0.1, 0.15) is 17.3 Å². The van der Waals surface area contributed by atoms with E-state index in [9.17, 15) is 9.50 Å². The standard InChI is InChI=1S/C27H39FO2/c1-5-10-22-19-23(25(29)14-13-21-11-9-12-24(28)18-21)20-27(15-6-2,16-7-3)26(22)30-17-8-4/h9,11-14,18,29H,5-8,10,15-17,19-20H2,1-4H3/b14-13+,25-23+. The summed E-state index contributed by atoms with van der Waals surface area (Å²) in [4.78, 5) is 0. The van der Waals surface area contributed by atoms with Crippen LogP contribution in [0.1, 0.15) is 91.0 Å². The summed E-state index contributed by atoms with van der Waals surface area (Å²) in [5.74, 6) is 1.26. The van der Waals surface area contributed by atoms with E-state index in [1.54, 1.807) is 18.2 Å². The molecule has 0 atom stereocenters. The van der Waals surface area contributed by atoms with Gasteiger partial charge in [0.05, 0.1) is 6.61 Å². The lowest BCUT2D eigenvalue weighted by atomic mass is 9.66. The van der Waals surface area contributed by atoms with E-state index in [1.807, 2.05) is 6.07 Å². The van der Waals surface area contributed by atoms with Crippen LogP contribution in [0.2, 0.25) is 0 Å². The second kappa shape index (κ2) is 12.0. The first kappa shape index (κ1) is 24.2. The van der Waals surface area contributed by atoms with Crippen LogP contribution in [0.5, 0.6) is 0 Å². The molecule has 0 heterocycles. The molecule has 0 aliphatic heterocycles. The van der Waals surface area contributed by atoms with Gasteiger partial charge in [0.15, 0.2) is 0 Å². The first-order chi connectivity index (χ1) is 14.5. The number of aliphatic hydroxyl groups excluding tert-OH is 1. The van der Waals surface area contributed by atoms with Crippen LogP contribution in [0.4, 0.5) is 4.39 Å². The first-order valence-electron chi connectivity index (χ1n) is 11.7. The van der Waals surface area contributed by atoms with Crippen molar-refractivity contribution in [3.63, 3.8) is 0 Å². The highest BCUT2D eigenvalue weighted by Crippen LogP contribution is 2.51. The molecule has 1 aromatic rings. The Morgan fingerprint density at radius 3 is 2.43 bits per heavy atom. The smallest absolute Gasteiger partial charge is 0.123 e. The summed E-state index contributed by atoms with van der Waals surface area (Å²) >= 11 is 0. The fourth-order valence-corrected chi connectivity index (χ4v) is 4.80. The van der Waals surface area contributed by atoms with Gasteiger partial charge in [-0.3, -0.25) is 0 Å². The maximum Gasteiger partial charge on any atom is 0.123 e. The van der Waals surface area contributed by atoms with Crippen molar-refractivity contribution in [3.05, 3.63) is 64.4 Å². The second-order valence-corrected chi connectivity index (χ2v) is 8.54. The summed E-state index contributed by atoms with van der Waals surface area (Å²) in [7, 11) is 0. The molecule has 166 valence electrons. The van der Waals surface area contributed by atoms with E-state index < -0.39 is 0 Å². The number of benzene rings is 1. The maximum atomic E-state index is 13.5. The van der Waals surface area contributed by atoms with Gasteiger partial charge in [0.25, 0.3) is 0 Å². The van der Waals surface area contributed by atoms with Crippen LogP contribution in [0, 0.1) is 11.2 Å². The summed E-state index contributed by atoms with van der Waals surface area (Å²) in [6, 6.07) is 6.44. The third-order valence-electron chi connectivity index (χ3n) is 5.89. The summed E-state index contributed by atoms with van der Waals surface area (Å²) in [6.07, 6.45) is 12.5. The van der Waals surface area contributed by atoms with Crippen LogP contribution < -0.4 is 0 Å². The Labute approximate surface area is 182 Å². The molecule has 0 saturated heterocycles. The van der Waals surface area contributed by atoms with Gasteiger partial charge in [-0.1, -0.05) is 65.2 Å². The number of ether oxygens (including phenoxy) is 1. The lowest BCUT2D eigenvalue weighted by Gasteiger charge is -2.42. The normalized spacial score (nSPS) is 18.2. The van der Waals surface area contributed by atoms with Crippen LogP contribution in [0.25, 0.3) is 6.08 Å². The molecule has 0 saturated carbocycles. The summed E-state index contributed by atoms with van der Waals surface area (Å²) < 4.78 is 19.9. The van der Waals surface area contributed by atoms with Crippen LogP contribution in [0.15, 0.2) is 53.0 Å². The minimum absolute atomic E-state index is 0.0303. The number of hydrogen-bond acceptors (Lipinski definition) is 2. The molecule has 0 aromatic heterocycles. The van der Waals surface area contributed by atoms with E-state index in [2.05, 4.69) is 27.7 Å². The average Bonchev–Trinajstić information content (AvgIpc) is 2.72. The van der Waals surface area contributed by atoms with E-state index in [-0.39, 0.29) is 11.2 Å². The number of halogens is 1. The van der Waals surface area contributed by atoms with Crippen LogP contribution in [-0.2, 0) is 4.74 Å². The molecule has 3 heteroatoms. The van der Waals surface area contributed by atoms with E-state index in [0.717, 1.165) is 75.5 Å². The summed E-state index contributed by atoms with van der Waals surface area (Å²) in [5, 5.41) is 11.0. The molecule has 2 nitrogen and oxygen atoms in total. The lowest BCUT2D eigenvalue weighted by Crippen LogP contribution is -2.31. The third-order valence-corrected chi connectivity index (χ3v) is 5.89. The van der Waals surface area contributed by atoms with Crippen molar-refractivity contribution in [2.24, 2.45) is 5.41 Å². The van der Waals surface area contributed by atoms with Crippen molar-refractivity contribution >= 4 is 6.08 Å². The van der Waals surface area contributed by atoms with Gasteiger partial charge in [-0.15, -0.1) is 0 Å². The summed E-state index contributed by atoms with van der Waals surface area (Å²) in [5.41, 5.74) is 3.15. The van der Waals surface area contributed by atoms with E-state index in [0.29, 0.717) is 5.76 Å². The van der Waals surface area contributed by atoms with Gasteiger partial charge in [-0.25, -0.2) is 4.39 Å². The topological polar surface area (TPSA) is 29.5 Å². The van der Waals surface area contributed by atoms with Crippen molar-refractivity contribution in [1.82, 2.24) is 0 Å². The number of rotatable bonds is 11. The second-order valence-electron chi connectivity index (χ2n) is 8.54. The Bertz CT molecular complexity index is 767. The molecule has 0 amide bonds. The monoisotopic (exact) mass is 414 g/mol. The number of aliphatic hydroxyl groups is 1. The zero-order valence-corrected chi connectivity index (χ0v) is 19.3. The van der Waals surface area contributed by atoms with Crippen molar-refractivity contribution in [2.45, 2.75) is 85.5 Å². The minimum Gasteiger partial charge on any atom is -0.508 e. The third kappa shape index (κ3) is 6.23. The molecular weight excluding hydrogens is 375 g/mol. The lowest BCUT2D eigenvalue weighted by molar-refractivity contribution is 0.0958. The largest absolute Gasteiger partial charge is 0.508 e. The van der Waals surface area contributed by atoms with Crippen LogP contribution in [-0.4, -0.2) is 11.7 Å². The number of allylic oxidation sites excluding steroid dienone is 4. The van der Waals surface area contributed by atoms with Gasteiger partial charge in [0.2, 0.25) is 0 Å². The predicted molar refractivity (Wildman–Crippen MR) is 125 cm³/mol. The van der Waals surface area contributed by atoms with Gasteiger partial charge < -0.3 is 9.84 Å². The van der Waals surface area contributed by atoms with Crippen molar-refractivity contribution in [2.75, 3.05) is 6.61 Å². The van der Waals surface area contributed by atoms with Gasteiger partial charge in [0, 0.05) is 5.41 Å². The fourth-order valence-electron chi connectivity index (χ4n) is 4.80. The molecule has 2 rings (SSSR count). The highest BCUT2D eigenvalue weighted by atomic mass is 19.1. The Hall–Kier alpha value is -2.03. The van der Waals surface area contributed by atoms with Gasteiger partial charge >= 0.3 is 0 Å². The highest BCUT2D eigenvalue weighted by molar-refractivity contribution is 5.53. The quantitative estimate of drug-likeness (QED) is 0.368. The first-order valence-corrected chi connectivity index (χ1v) is 11.7. The Morgan fingerprint density at radius 2 is 1.83 bits per heavy atom. The predicted octanol–water partition coefficient (Wildman–Crippen LogP) is 8.51.